The quantitative estimate of drug-likeness (QED) is 0.399. The van der Waals surface area contributed by atoms with E-state index in [-0.39, 0.29) is 6.04 Å². The molecule has 2 aromatic heterocycles. The molecule has 3 aromatic rings. The van der Waals surface area contributed by atoms with Gasteiger partial charge in [-0.15, -0.1) is 0 Å². The minimum absolute atomic E-state index is 0.0862. The van der Waals surface area contributed by atoms with Gasteiger partial charge in [-0.25, -0.2) is 4.98 Å². The van der Waals surface area contributed by atoms with Crippen LogP contribution in [0.5, 0.6) is 0 Å². The van der Waals surface area contributed by atoms with Gasteiger partial charge in [-0.3, -0.25) is 0 Å². The van der Waals surface area contributed by atoms with E-state index in [1.54, 1.807) is 4.52 Å². The van der Waals surface area contributed by atoms with E-state index in [0.29, 0.717) is 39.9 Å². The molecule has 6 nitrogen and oxygen atoms in total. The van der Waals surface area contributed by atoms with Crippen LogP contribution >= 0.6 is 23.2 Å². The van der Waals surface area contributed by atoms with Crippen LogP contribution in [0.4, 0.5) is 5.95 Å². The number of fused-ring (bicyclic) bond motifs is 1. The topological polar surface area (TPSA) is 81.1 Å². The molecule has 180 valence electrons. The molecule has 0 saturated heterocycles. The third-order valence-electron chi connectivity index (χ3n) is 7.23. The van der Waals surface area contributed by atoms with E-state index in [1.165, 1.54) is 44.1 Å². The van der Waals surface area contributed by atoms with Gasteiger partial charge >= 0.3 is 0 Å². The normalized spacial score (nSPS) is 17.9. The highest BCUT2D eigenvalue weighted by Gasteiger charge is 2.24. The summed E-state index contributed by atoms with van der Waals surface area (Å²) in [6, 6.07) is 4.11. The van der Waals surface area contributed by atoms with Crippen molar-refractivity contribution in [1.29, 1.82) is 0 Å². The fourth-order valence-electron chi connectivity index (χ4n) is 5.42. The van der Waals surface area contributed by atoms with E-state index >= 15 is 0 Å². The molecule has 1 aromatic carbocycles. The van der Waals surface area contributed by atoms with Crippen LogP contribution in [0.1, 0.15) is 68.4 Å². The standard InChI is InChI=1S/C26H32Cl2N6/c1-15-23(24-20(27)12-19(13-21(24)28)17-8-6-7-9-17)25-31-16(2)32-26(34(25)33-15)30-14-22(29)18-10-4-3-5-11-18/h8,12-13,18,22H,3-7,9-11,14,29H2,1-2H3,(H,30,31,32). The maximum Gasteiger partial charge on any atom is 0.227 e. The molecule has 1 saturated carbocycles. The van der Waals surface area contributed by atoms with Crippen molar-refractivity contribution in [2.24, 2.45) is 11.7 Å². The highest BCUT2D eigenvalue weighted by Crippen LogP contribution is 2.42. The van der Waals surface area contributed by atoms with Crippen LogP contribution in [0.25, 0.3) is 22.3 Å². The summed E-state index contributed by atoms with van der Waals surface area (Å²) >= 11 is 13.6. The third-order valence-corrected chi connectivity index (χ3v) is 7.82. The summed E-state index contributed by atoms with van der Waals surface area (Å²) in [6.45, 7) is 4.49. The van der Waals surface area contributed by atoms with E-state index in [1.807, 2.05) is 26.0 Å². The van der Waals surface area contributed by atoms with Crippen molar-refractivity contribution < 1.29 is 0 Å². The molecule has 2 heterocycles. The molecule has 0 bridgehead atoms. The summed E-state index contributed by atoms with van der Waals surface area (Å²) < 4.78 is 1.76. The van der Waals surface area contributed by atoms with E-state index in [2.05, 4.69) is 16.4 Å². The molecular weight excluding hydrogens is 467 g/mol. The number of anilines is 1. The van der Waals surface area contributed by atoms with Gasteiger partial charge in [0.05, 0.1) is 21.3 Å². The van der Waals surface area contributed by atoms with Gasteiger partial charge in [-0.1, -0.05) is 48.5 Å². The van der Waals surface area contributed by atoms with E-state index in [4.69, 9.17) is 39.0 Å². The van der Waals surface area contributed by atoms with Crippen LogP contribution in [-0.4, -0.2) is 32.2 Å². The molecule has 1 unspecified atom stereocenters. The van der Waals surface area contributed by atoms with Crippen molar-refractivity contribution in [2.45, 2.75) is 71.3 Å². The predicted molar refractivity (Wildman–Crippen MR) is 141 cm³/mol. The molecule has 1 atom stereocenters. The molecule has 0 radical (unpaired) electrons. The van der Waals surface area contributed by atoms with Crippen molar-refractivity contribution in [1.82, 2.24) is 19.6 Å². The maximum absolute atomic E-state index is 6.82. The Morgan fingerprint density at radius 2 is 1.79 bits per heavy atom. The van der Waals surface area contributed by atoms with Gasteiger partial charge in [0.1, 0.15) is 5.82 Å². The molecule has 0 aliphatic heterocycles. The summed E-state index contributed by atoms with van der Waals surface area (Å²) in [5.74, 6) is 1.85. The number of allylic oxidation sites excluding steroid dienone is 2. The molecule has 0 spiro atoms. The van der Waals surface area contributed by atoms with Gasteiger partial charge in [0, 0.05) is 18.2 Å². The number of halogens is 2. The van der Waals surface area contributed by atoms with Crippen molar-refractivity contribution >= 4 is 40.4 Å². The van der Waals surface area contributed by atoms with Gasteiger partial charge in [0.15, 0.2) is 5.65 Å². The number of hydrogen-bond donors (Lipinski definition) is 2. The molecule has 1 fully saturated rings. The summed E-state index contributed by atoms with van der Waals surface area (Å²) in [5.41, 5.74) is 12.0. The molecule has 3 N–H and O–H groups in total. The van der Waals surface area contributed by atoms with Gasteiger partial charge < -0.3 is 11.1 Å². The number of aryl methyl sites for hydroxylation is 2. The minimum atomic E-state index is 0.0862. The van der Waals surface area contributed by atoms with Crippen LogP contribution in [0.15, 0.2) is 18.2 Å². The number of hydrogen-bond acceptors (Lipinski definition) is 5. The van der Waals surface area contributed by atoms with Crippen molar-refractivity contribution in [2.75, 3.05) is 11.9 Å². The number of aromatic nitrogens is 4. The molecule has 2 aliphatic carbocycles. The van der Waals surface area contributed by atoms with Gasteiger partial charge in [0.25, 0.3) is 0 Å². The fourth-order valence-corrected chi connectivity index (χ4v) is 6.10. The highest BCUT2D eigenvalue weighted by atomic mass is 35.5. The maximum atomic E-state index is 6.82. The predicted octanol–water partition coefficient (Wildman–Crippen LogP) is 6.60. The number of rotatable bonds is 6. The molecule has 0 amide bonds. The molecule has 8 heteroatoms. The Morgan fingerprint density at radius 1 is 1.06 bits per heavy atom. The lowest BCUT2D eigenvalue weighted by molar-refractivity contribution is 0.311. The van der Waals surface area contributed by atoms with Crippen LogP contribution < -0.4 is 11.1 Å². The van der Waals surface area contributed by atoms with Crippen molar-refractivity contribution in [3.63, 3.8) is 0 Å². The van der Waals surface area contributed by atoms with E-state index < -0.39 is 0 Å². The molecule has 5 rings (SSSR count). The number of nitrogens with zero attached hydrogens (tertiary/aromatic N) is 4. The van der Waals surface area contributed by atoms with Crippen LogP contribution in [0.3, 0.4) is 0 Å². The monoisotopic (exact) mass is 498 g/mol. The van der Waals surface area contributed by atoms with Gasteiger partial charge in [-0.05, 0) is 75.1 Å². The lowest BCUT2D eigenvalue weighted by Crippen LogP contribution is -2.38. The Balaban J connectivity index is 1.50. The van der Waals surface area contributed by atoms with Crippen LogP contribution in [0, 0.1) is 19.8 Å². The Morgan fingerprint density at radius 3 is 2.47 bits per heavy atom. The first-order valence-corrected chi connectivity index (χ1v) is 13.1. The molecular formula is C26H32Cl2N6. The van der Waals surface area contributed by atoms with Crippen molar-refractivity contribution in [3.8, 4) is 11.1 Å². The zero-order valence-electron chi connectivity index (χ0n) is 19.9. The number of benzene rings is 1. The average molecular weight is 499 g/mol. The highest BCUT2D eigenvalue weighted by molar-refractivity contribution is 6.40. The third kappa shape index (κ3) is 4.56. The average Bonchev–Trinajstić information content (AvgIpc) is 3.46. The first-order chi connectivity index (χ1) is 16.4. The zero-order chi connectivity index (χ0) is 23.8. The Bertz CT molecular complexity index is 1220. The van der Waals surface area contributed by atoms with E-state index in [0.717, 1.165) is 35.2 Å². The second kappa shape index (κ2) is 9.84. The van der Waals surface area contributed by atoms with Gasteiger partial charge in [-0.2, -0.15) is 14.6 Å². The molecule has 2 aliphatic rings. The summed E-state index contributed by atoms with van der Waals surface area (Å²) in [7, 11) is 0. The summed E-state index contributed by atoms with van der Waals surface area (Å²) in [6.07, 6.45) is 11.9. The first-order valence-electron chi connectivity index (χ1n) is 12.3. The molecule has 34 heavy (non-hydrogen) atoms. The van der Waals surface area contributed by atoms with E-state index in [9.17, 15) is 0 Å². The minimum Gasteiger partial charge on any atom is -0.353 e. The zero-order valence-corrected chi connectivity index (χ0v) is 21.4. The number of nitrogens with two attached hydrogens (primary N) is 1. The Hall–Kier alpha value is -2.15. The van der Waals surface area contributed by atoms with Gasteiger partial charge in [0.2, 0.25) is 5.95 Å². The fraction of sp³-hybridized carbons (Fsp3) is 0.500. The van der Waals surface area contributed by atoms with Crippen LogP contribution in [-0.2, 0) is 0 Å². The van der Waals surface area contributed by atoms with Crippen LogP contribution in [0.2, 0.25) is 10.0 Å². The lowest BCUT2D eigenvalue weighted by Gasteiger charge is -2.27. The summed E-state index contributed by atoms with van der Waals surface area (Å²) in [4.78, 5) is 9.35. The second-order valence-electron chi connectivity index (χ2n) is 9.67. The number of nitrogens with one attached hydrogen (secondary N) is 1. The smallest absolute Gasteiger partial charge is 0.227 e. The SMILES string of the molecule is Cc1nc(NCC(N)C2CCCCC2)n2nc(C)c(-c3c(Cl)cc(C4=CCCC4)cc3Cl)c2n1. The Kier molecular flexibility index (Phi) is 6.83. The largest absolute Gasteiger partial charge is 0.353 e. The Labute approximate surface area is 211 Å². The summed E-state index contributed by atoms with van der Waals surface area (Å²) in [5, 5.41) is 9.43. The second-order valence-corrected chi connectivity index (χ2v) is 10.5. The van der Waals surface area contributed by atoms with Crippen molar-refractivity contribution in [3.05, 3.63) is 45.3 Å². The first kappa shape index (κ1) is 23.6. The lowest BCUT2D eigenvalue weighted by atomic mass is 9.84.